The quantitative estimate of drug-likeness (QED) is 0.358. The van der Waals surface area contributed by atoms with Crippen LogP contribution in [0.1, 0.15) is 26.7 Å². The van der Waals surface area contributed by atoms with Crippen LogP contribution in [0.15, 0.2) is 90.5 Å². The molecule has 0 atom stereocenters. The standard InChI is InChI=1S/C7H9.2C6H5FO.C5H5.C2H6Si.Zr/c1-6-3-4-7(2)5-6;2*7-5-1-3-6(8)4-2-5;1-2-4-5-3-1;1-3-2;/h5H,3H2,1-2H3;2*1-4,8H;1-3H,4H2;1-2H3;/q;;;;;+2/p-2. The van der Waals surface area contributed by atoms with E-state index in [0.717, 1.165) is 12.8 Å². The molecule has 0 aromatic heterocycles. The zero-order chi connectivity index (χ0) is 23.0. The Kier molecular flexibility index (Phi) is 6.30. The van der Waals surface area contributed by atoms with Gasteiger partial charge >= 0.3 is 192 Å². The molecule has 0 fully saturated rings. The molecule has 0 saturated carbocycles. The fraction of sp³-hybridized carbons (Fsp3) is 0.231. The van der Waals surface area contributed by atoms with E-state index in [9.17, 15) is 8.78 Å². The monoisotopic (exact) mass is 528 g/mol. The van der Waals surface area contributed by atoms with E-state index >= 15 is 0 Å². The Morgan fingerprint density at radius 2 is 1.38 bits per heavy atom. The molecular weight excluding hydrogens is 502 g/mol. The van der Waals surface area contributed by atoms with Gasteiger partial charge in [0, 0.05) is 0 Å². The first kappa shape index (κ1) is 23.1. The summed E-state index contributed by atoms with van der Waals surface area (Å²) in [4.78, 5) is 0. The molecule has 0 amide bonds. The van der Waals surface area contributed by atoms with Gasteiger partial charge in [-0.05, 0) is 0 Å². The molecule has 2 aromatic rings. The Hall–Kier alpha value is -2.04. The van der Waals surface area contributed by atoms with E-state index in [0.29, 0.717) is 11.5 Å². The van der Waals surface area contributed by atoms with Crippen LogP contribution >= 0.6 is 0 Å². The summed E-state index contributed by atoms with van der Waals surface area (Å²) in [5, 5.41) is 0. The number of allylic oxidation sites excluding steroid dienone is 8. The van der Waals surface area contributed by atoms with Crippen LogP contribution in [-0.4, -0.2) is 5.43 Å². The summed E-state index contributed by atoms with van der Waals surface area (Å²) in [5.74, 6) is 0.618. The molecular formula is C26H28F2O2SiZr. The topological polar surface area (TPSA) is 18.5 Å². The molecule has 0 spiro atoms. The first-order chi connectivity index (χ1) is 15.2. The summed E-state index contributed by atoms with van der Waals surface area (Å²) in [6.45, 7) is 8.79. The van der Waals surface area contributed by atoms with Gasteiger partial charge in [0.25, 0.3) is 0 Å². The maximum atomic E-state index is 13.7. The second kappa shape index (κ2) is 8.72. The predicted molar refractivity (Wildman–Crippen MR) is 124 cm³/mol. The Bertz CT molecular complexity index is 1190. The third-order valence-corrected chi connectivity index (χ3v) is 37.5. The van der Waals surface area contributed by atoms with Crippen LogP contribution in [0.4, 0.5) is 8.78 Å². The summed E-state index contributed by atoms with van der Waals surface area (Å²) >= 11 is -4.98. The van der Waals surface area contributed by atoms with Crippen LogP contribution < -0.4 is 5.63 Å². The van der Waals surface area contributed by atoms with Crippen molar-refractivity contribution in [2.24, 2.45) is 0 Å². The van der Waals surface area contributed by atoms with E-state index in [1.807, 2.05) is 0 Å². The maximum absolute atomic E-state index is 13.7. The Balaban J connectivity index is 2.06. The van der Waals surface area contributed by atoms with E-state index < -0.39 is 23.7 Å². The van der Waals surface area contributed by atoms with E-state index in [4.69, 9.17) is 5.63 Å². The molecule has 2 aromatic carbocycles. The van der Waals surface area contributed by atoms with Gasteiger partial charge in [-0.3, -0.25) is 0 Å². The van der Waals surface area contributed by atoms with Gasteiger partial charge < -0.3 is 0 Å². The molecule has 32 heavy (non-hydrogen) atoms. The molecule has 0 aliphatic heterocycles. The molecule has 0 unspecified atom stereocenters. The molecule has 6 heteroatoms. The molecule has 2 nitrogen and oxygen atoms in total. The Morgan fingerprint density at radius 3 is 1.75 bits per heavy atom. The normalized spacial score (nSPS) is 16.2. The summed E-state index contributed by atoms with van der Waals surface area (Å²) in [6.07, 6.45) is 10.1. The van der Waals surface area contributed by atoms with Crippen molar-refractivity contribution in [3.8, 4) is 11.5 Å². The zero-order valence-corrected chi connectivity index (χ0v) is 22.4. The molecule has 2 aliphatic rings. The van der Waals surface area contributed by atoms with E-state index in [-0.39, 0.29) is 11.6 Å². The van der Waals surface area contributed by atoms with Gasteiger partial charge in [-0.2, -0.15) is 0 Å². The minimum atomic E-state index is -4.98. The predicted octanol–water partition coefficient (Wildman–Crippen LogP) is 7.66. The molecule has 0 bridgehead atoms. The van der Waals surface area contributed by atoms with Gasteiger partial charge in [-0.1, -0.05) is 0 Å². The van der Waals surface area contributed by atoms with Crippen molar-refractivity contribution in [3.05, 3.63) is 102 Å². The van der Waals surface area contributed by atoms with Crippen LogP contribution in [0.3, 0.4) is 0 Å². The Labute approximate surface area is 190 Å². The molecule has 0 N–H and O–H groups in total. The number of hydrogen-bond acceptors (Lipinski definition) is 2. The van der Waals surface area contributed by atoms with Crippen LogP contribution in [-0.2, 0) is 18.3 Å². The Morgan fingerprint density at radius 1 is 0.844 bits per heavy atom. The summed E-state index contributed by atoms with van der Waals surface area (Å²) in [5.41, 5.74) is 1.22. The van der Waals surface area contributed by atoms with E-state index in [1.54, 1.807) is 24.3 Å². The number of hydrogen-bond donors (Lipinski definition) is 0. The van der Waals surface area contributed by atoms with Gasteiger partial charge in [0.1, 0.15) is 0 Å². The molecule has 0 saturated heterocycles. The van der Waals surface area contributed by atoms with Crippen molar-refractivity contribution in [2.75, 3.05) is 0 Å². The fourth-order valence-corrected chi connectivity index (χ4v) is 33.8. The summed E-state index contributed by atoms with van der Waals surface area (Å²) in [6, 6.07) is 12.5. The van der Waals surface area contributed by atoms with Crippen molar-refractivity contribution in [2.45, 2.75) is 39.8 Å². The van der Waals surface area contributed by atoms with Gasteiger partial charge in [-0.25, -0.2) is 0 Å². The van der Waals surface area contributed by atoms with Crippen LogP contribution in [0.25, 0.3) is 0 Å². The summed E-state index contributed by atoms with van der Waals surface area (Å²) < 4.78 is 44.3. The van der Waals surface area contributed by atoms with Crippen molar-refractivity contribution >= 4 is 5.43 Å². The number of benzene rings is 2. The second-order valence-corrected chi connectivity index (χ2v) is 32.9. The van der Waals surface area contributed by atoms with Crippen molar-refractivity contribution < 1.29 is 32.7 Å². The molecule has 2 aliphatic carbocycles. The average Bonchev–Trinajstić information content (AvgIpc) is 3.41. The van der Waals surface area contributed by atoms with Crippen LogP contribution in [0, 0.1) is 11.6 Å². The first-order valence-electron chi connectivity index (χ1n) is 10.8. The first-order valence-corrected chi connectivity index (χ1v) is 21.5. The van der Waals surface area contributed by atoms with E-state index in [1.165, 1.54) is 42.0 Å². The van der Waals surface area contributed by atoms with Gasteiger partial charge in [0.15, 0.2) is 0 Å². The SMILES string of the molecule is CC1=CC(C)=[C]([Zr]([O]c2ccc(F)cc2)([O]c2ccc(F)cc2)([C]2=CC=CC2)=[Si](C)C)C1. The molecule has 166 valence electrons. The third kappa shape index (κ3) is 3.82. The average molecular weight is 530 g/mol. The van der Waals surface area contributed by atoms with Crippen molar-refractivity contribution in [3.63, 3.8) is 0 Å². The molecule has 0 radical (unpaired) electrons. The second-order valence-electron chi connectivity index (χ2n) is 8.84. The van der Waals surface area contributed by atoms with Gasteiger partial charge in [-0.15, -0.1) is 0 Å². The third-order valence-electron chi connectivity index (χ3n) is 6.46. The fourth-order valence-electron chi connectivity index (χ4n) is 4.98. The number of rotatable bonds is 6. The van der Waals surface area contributed by atoms with Gasteiger partial charge in [0.2, 0.25) is 0 Å². The minimum absolute atomic E-state index is 0.305. The van der Waals surface area contributed by atoms with Crippen LogP contribution in [0.2, 0.25) is 13.1 Å². The zero-order valence-electron chi connectivity index (χ0n) is 18.9. The van der Waals surface area contributed by atoms with Crippen molar-refractivity contribution in [1.82, 2.24) is 0 Å². The summed E-state index contributed by atoms with van der Waals surface area (Å²) in [7, 11) is 0. The van der Waals surface area contributed by atoms with Gasteiger partial charge in [0.05, 0.1) is 0 Å². The molecule has 4 rings (SSSR count). The molecule has 0 heterocycles. The van der Waals surface area contributed by atoms with Crippen LogP contribution in [0.5, 0.6) is 11.5 Å². The van der Waals surface area contributed by atoms with E-state index in [2.05, 4.69) is 51.2 Å². The van der Waals surface area contributed by atoms with Crippen molar-refractivity contribution in [1.29, 1.82) is 0 Å². The number of halogens is 2.